The molecule has 0 aromatic heterocycles. The summed E-state index contributed by atoms with van der Waals surface area (Å²) in [5.74, 6) is 0. The van der Waals surface area contributed by atoms with E-state index in [1.807, 2.05) is 12.1 Å². The van der Waals surface area contributed by atoms with Gasteiger partial charge in [0.05, 0.1) is 4.90 Å². The predicted molar refractivity (Wildman–Crippen MR) is 119 cm³/mol. The van der Waals surface area contributed by atoms with E-state index < -0.39 is 10.1 Å². The molecule has 0 spiro atoms. The van der Waals surface area contributed by atoms with Gasteiger partial charge in [-0.05, 0) is 59.7 Å². The van der Waals surface area contributed by atoms with Crippen molar-refractivity contribution in [2.24, 2.45) is 0 Å². The molecule has 3 nitrogen and oxygen atoms in total. The lowest BCUT2D eigenvalue weighted by atomic mass is 9.93. The van der Waals surface area contributed by atoms with Crippen molar-refractivity contribution in [2.45, 2.75) is 95.8 Å². The molecule has 0 amide bonds. The van der Waals surface area contributed by atoms with Gasteiger partial charge < -0.3 is 0 Å². The average molecular weight is 405 g/mol. The Morgan fingerprint density at radius 3 is 1.89 bits per heavy atom. The van der Waals surface area contributed by atoms with Crippen molar-refractivity contribution in [3.8, 4) is 0 Å². The number of hydrogen-bond acceptors (Lipinski definition) is 2. The van der Waals surface area contributed by atoms with Crippen LogP contribution in [0.25, 0.3) is 10.8 Å². The highest BCUT2D eigenvalue weighted by molar-refractivity contribution is 7.85. The Bertz CT molecular complexity index is 840. The van der Waals surface area contributed by atoms with Gasteiger partial charge in [0.2, 0.25) is 0 Å². The Morgan fingerprint density at radius 1 is 0.750 bits per heavy atom. The molecule has 0 bridgehead atoms. The molecule has 0 fully saturated rings. The second-order valence-electron chi connectivity index (χ2n) is 7.90. The van der Waals surface area contributed by atoms with E-state index in [0.717, 1.165) is 43.1 Å². The lowest BCUT2D eigenvalue weighted by molar-refractivity contribution is 0.483. The van der Waals surface area contributed by atoms with Crippen molar-refractivity contribution in [3.63, 3.8) is 0 Å². The standard InChI is InChI=1S/C24H36O3S/c1-3-5-7-9-11-14-20-16-13-17-22-19-23(28(25,26)27)18-21(24(20)22)15-12-10-8-6-4-2/h13,16-19H,3-12,14-15H2,1-2H3,(H,25,26,27). The zero-order valence-electron chi connectivity index (χ0n) is 17.5. The Labute approximate surface area is 171 Å². The van der Waals surface area contributed by atoms with Crippen molar-refractivity contribution in [3.05, 3.63) is 41.5 Å². The van der Waals surface area contributed by atoms with Gasteiger partial charge in [0, 0.05) is 0 Å². The van der Waals surface area contributed by atoms with Gasteiger partial charge in [-0.3, -0.25) is 4.55 Å². The van der Waals surface area contributed by atoms with Crippen LogP contribution in [0.15, 0.2) is 35.2 Å². The number of rotatable bonds is 13. The molecule has 0 heterocycles. The molecule has 28 heavy (non-hydrogen) atoms. The van der Waals surface area contributed by atoms with Crippen LogP contribution in [0.1, 0.15) is 89.2 Å². The molecule has 2 aromatic carbocycles. The minimum atomic E-state index is -4.20. The zero-order valence-corrected chi connectivity index (χ0v) is 18.4. The third kappa shape index (κ3) is 6.89. The van der Waals surface area contributed by atoms with Crippen LogP contribution in [0.2, 0.25) is 0 Å². The van der Waals surface area contributed by atoms with Gasteiger partial charge in [-0.2, -0.15) is 8.42 Å². The number of benzene rings is 2. The van der Waals surface area contributed by atoms with Crippen LogP contribution in [0, 0.1) is 0 Å². The SMILES string of the molecule is CCCCCCCc1cccc2cc(S(=O)(=O)O)cc(CCCCCCC)c12. The van der Waals surface area contributed by atoms with E-state index in [2.05, 4.69) is 19.9 Å². The maximum atomic E-state index is 11.8. The van der Waals surface area contributed by atoms with E-state index in [9.17, 15) is 13.0 Å². The van der Waals surface area contributed by atoms with Crippen molar-refractivity contribution in [1.29, 1.82) is 0 Å². The van der Waals surface area contributed by atoms with E-state index >= 15 is 0 Å². The first-order chi connectivity index (χ1) is 13.5. The molecule has 4 heteroatoms. The second kappa shape index (κ2) is 11.6. The molecule has 2 rings (SSSR count). The fraction of sp³-hybridized carbons (Fsp3) is 0.583. The van der Waals surface area contributed by atoms with Gasteiger partial charge in [0.15, 0.2) is 0 Å². The normalized spacial score (nSPS) is 12.0. The van der Waals surface area contributed by atoms with Gasteiger partial charge in [-0.1, -0.05) is 83.4 Å². The first-order valence-corrected chi connectivity index (χ1v) is 12.4. The number of unbranched alkanes of at least 4 members (excludes halogenated alkanes) is 8. The van der Waals surface area contributed by atoms with Crippen molar-refractivity contribution >= 4 is 20.9 Å². The van der Waals surface area contributed by atoms with Gasteiger partial charge in [-0.15, -0.1) is 0 Å². The first kappa shape index (κ1) is 22.9. The Balaban J connectivity index is 2.28. The van der Waals surface area contributed by atoms with Gasteiger partial charge in [-0.25, -0.2) is 0 Å². The minimum Gasteiger partial charge on any atom is -0.282 e. The summed E-state index contributed by atoms with van der Waals surface area (Å²) in [7, 11) is -4.20. The molecule has 0 aliphatic carbocycles. The number of hydrogen-bond donors (Lipinski definition) is 1. The predicted octanol–water partition coefficient (Wildman–Crippen LogP) is 7.11. The summed E-state index contributed by atoms with van der Waals surface area (Å²) in [6.07, 6.45) is 14.0. The summed E-state index contributed by atoms with van der Waals surface area (Å²) in [5, 5.41) is 2.12. The number of fused-ring (bicyclic) bond motifs is 1. The van der Waals surface area contributed by atoms with Crippen LogP contribution < -0.4 is 0 Å². The Morgan fingerprint density at radius 2 is 1.32 bits per heavy atom. The van der Waals surface area contributed by atoms with Crippen LogP contribution in [0.5, 0.6) is 0 Å². The number of aryl methyl sites for hydroxylation is 2. The molecule has 1 N–H and O–H groups in total. The lowest BCUT2D eigenvalue weighted by Gasteiger charge is -2.14. The molecule has 2 aromatic rings. The highest BCUT2D eigenvalue weighted by atomic mass is 32.2. The van der Waals surface area contributed by atoms with Crippen molar-refractivity contribution in [2.75, 3.05) is 0 Å². The maximum absolute atomic E-state index is 11.8. The molecule has 0 aliphatic rings. The Hall–Kier alpha value is -1.39. The molecular formula is C24H36O3S. The quantitative estimate of drug-likeness (QED) is 0.286. The van der Waals surface area contributed by atoms with Crippen LogP contribution in [0.3, 0.4) is 0 Å². The molecule has 0 saturated carbocycles. The van der Waals surface area contributed by atoms with Gasteiger partial charge in [0.1, 0.15) is 0 Å². The van der Waals surface area contributed by atoms with Crippen LogP contribution >= 0.6 is 0 Å². The summed E-state index contributed by atoms with van der Waals surface area (Å²) in [5.41, 5.74) is 2.37. The largest absolute Gasteiger partial charge is 0.294 e. The lowest BCUT2D eigenvalue weighted by Crippen LogP contribution is -2.02. The van der Waals surface area contributed by atoms with Crippen molar-refractivity contribution < 1.29 is 13.0 Å². The highest BCUT2D eigenvalue weighted by Gasteiger charge is 2.15. The Kier molecular flexibility index (Phi) is 9.46. The van der Waals surface area contributed by atoms with E-state index in [0.29, 0.717) is 0 Å². The topological polar surface area (TPSA) is 54.4 Å². The van der Waals surface area contributed by atoms with Crippen LogP contribution in [-0.4, -0.2) is 13.0 Å². The van der Waals surface area contributed by atoms with Gasteiger partial charge >= 0.3 is 0 Å². The van der Waals surface area contributed by atoms with Gasteiger partial charge in [0.25, 0.3) is 10.1 Å². The summed E-state index contributed by atoms with van der Waals surface area (Å²) in [4.78, 5) is 0.0173. The third-order valence-corrected chi connectivity index (χ3v) is 6.35. The van der Waals surface area contributed by atoms with Crippen LogP contribution in [0.4, 0.5) is 0 Å². The summed E-state index contributed by atoms with van der Waals surface area (Å²) in [6, 6.07) is 9.45. The summed E-state index contributed by atoms with van der Waals surface area (Å²) >= 11 is 0. The average Bonchev–Trinajstić information content (AvgIpc) is 2.66. The van der Waals surface area contributed by atoms with E-state index in [-0.39, 0.29) is 4.90 Å². The minimum absolute atomic E-state index is 0.0173. The summed E-state index contributed by atoms with van der Waals surface area (Å²) < 4.78 is 33.1. The van der Waals surface area contributed by atoms with E-state index in [4.69, 9.17) is 0 Å². The molecular weight excluding hydrogens is 368 g/mol. The molecule has 0 unspecified atom stereocenters. The molecule has 0 aliphatic heterocycles. The monoisotopic (exact) mass is 404 g/mol. The fourth-order valence-electron chi connectivity index (χ4n) is 3.96. The van der Waals surface area contributed by atoms with E-state index in [1.54, 1.807) is 12.1 Å². The molecule has 0 radical (unpaired) electrons. The maximum Gasteiger partial charge on any atom is 0.294 e. The smallest absolute Gasteiger partial charge is 0.282 e. The van der Waals surface area contributed by atoms with Crippen LogP contribution in [-0.2, 0) is 23.0 Å². The van der Waals surface area contributed by atoms with E-state index in [1.165, 1.54) is 55.9 Å². The fourth-order valence-corrected chi connectivity index (χ4v) is 4.53. The zero-order chi connectivity index (χ0) is 20.4. The molecule has 0 saturated heterocycles. The second-order valence-corrected chi connectivity index (χ2v) is 9.32. The first-order valence-electron chi connectivity index (χ1n) is 11.0. The molecule has 156 valence electrons. The molecule has 0 atom stereocenters. The highest BCUT2D eigenvalue weighted by Crippen LogP contribution is 2.29. The third-order valence-electron chi connectivity index (χ3n) is 5.52. The summed E-state index contributed by atoms with van der Waals surface area (Å²) in [6.45, 7) is 4.43. The van der Waals surface area contributed by atoms with Crippen molar-refractivity contribution in [1.82, 2.24) is 0 Å².